The Hall–Kier alpha value is -3.67. The summed E-state index contributed by atoms with van der Waals surface area (Å²) in [5.74, 6) is 0.797. The van der Waals surface area contributed by atoms with Gasteiger partial charge in [0.1, 0.15) is 17.6 Å². The van der Waals surface area contributed by atoms with E-state index < -0.39 is 0 Å². The number of rotatable bonds is 11. The van der Waals surface area contributed by atoms with E-state index in [1.807, 2.05) is 53.7 Å². The van der Waals surface area contributed by atoms with Gasteiger partial charge in [-0.25, -0.2) is 9.97 Å². The average Bonchev–Trinajstić information content (AvgIpc) is 3.59. The largest absolute Gasteiger partial charge is 0.512 e. The first kappa shape index (κ1) is 41.7. The number of furan rings is 1. The normalized spacial score (nSPS) is 12.5. The second kappa shape index (κ2) is 17.2. The summed E-state index contributed by atoms with van der Waals surface area (Å²) in [7, 11) is 0. The predicted molar refractivity (Wildman–Crippen MR) is 207 cm³/mol. The SMILES string of the molecule is CC(C)Cc1cc(-c2cc(-c3[c-]c4ccccc4c(C(C)(C)C)c3)ncn2)nc2ccoc12.CCC(C)(CC)C(=O)/C=C(\O)C(C)(CC)CC.[Ir]. The van der Waals surface area contributed by atoms with Crippen LogP contribution in [-0.2, 0) is 36.7 Å². The van der Waals surface area contributed by atoms with Gasteiger partial charge in [-0.05, 0) is 61.1 Å². The molecule has 6 nitrogen and oxygen atoms in total. The second-order valence-electron chi connectivity index (χ2n) is 15.5. The van der Waals surface area contributed by atoms with E-state index in [1.165, 1.54) is 17.0 Å². The van der Waals surface area contributed by atoms with E-state index in [1.54, 1.807) is 12.6 Å². The fraction of sp³-hybridized carbons (Fsp3) is 0.455. The van der Waals surface area contributed by atoms with E-state index in [4.69, 9.17) is 9.40 Å². The third-order valence-corrected chi connectivity index (χ3v) is 10.5. The smallest absolute Gasteiger partial charge is 0.164 e. The molecule has 0 fully saturated rings. The summed E-state index contributed by atoms with van der Waals surface area (Å²) in [6.45, 7) is 23.2. The summed E-state index contributed by atoms with van der Waals surface area (Å²) in [4.78, 5) is 26.2. The molecule has 0 saturated carbocycles. The molecule has 275 valence electrons. The molecular weight excluding hydrogens is 811 g/mol. The minimum atomic E-state index is -0.337. The molecule has 0 unspecified atom stereocenters. The zero-order valence-electron chi connectivity index (χ0n) is 32.4. The van der Waals surface area contributed by atoms with Crippen molar-refractivity contribution < 1.29 is 34.4 Å². The number of allylic oxidation sites excluding steroid dienone is 2. The Kier molecular flexibility index (Phi) is 14.1. The minimum absolute atomic E-state index is 0. The van der Waals surface area contributed by atoms with Crippen molar-refractivity contribution in [2.45, 2.75) is 114 Å². The number of benzene rings is 2. The first-order valence-corrected chi connectivity index (χ1v) is 18.2. The molecule has 0 saturated heterocycles. The van der Waals surface area contributed by atoms with Gasteiger partial charge in [0.2, 0.25) is 0 Å². The molecule has 51 heavy (non-hydrogen) atoms. The molecule has 2 aromatic carbocycles. The molecule has 0 bridgehead atoms. The van der Waals surface area contributed by atoms with Crippen LogP contribution in [0.5, 0.6) is 0 Å². The van der Waals surface area contributed by atoms with Crippen LogP contribution < -0.4 is 0 Å². The van der Waals surface area contributed by atoms with Crippen molar-refractivity contribution in [1.82, 2.24) is 15.0 Å². The molecule has 3 aromatic heterocycles. The first-order chi connectivity index (χ1) is 23.6. The molecule has 1 radical (unpaired) electrons. The summed E-state index contributed by atoms with van der Waals surface area (Å²) in [5, 5.41) is 12.5. The third-order valence-electron chi connectivity index (χ3n) is 10.5. The molecular formula is C44H56IrN3O3-. The number of aromatic nitrogens is 3. The van der Waals surface area contributed by atoms with Gasteiger partial charge < -0.3 is 9.52 Å². The molecule has 0 amide bonds. The van der Waals surface area contributed by atoms with Gasteiger partial charge in [0.15, 0.2) is 11.4 Å². The fourth-order valence-corrected chi connectivity index (χ4v) is 6.06. The van der Waals surface area contributed by atoms with Crippen LogP contribution in [0.1, 0.15) is 113 Å². The molecule has 0 atom stereocenters. The van der Waals surface area contributed by atoms with E-state index >= 15 is 0 Å². The Morgan fingerprint density at radius 2 is 1.49 bits per heavy atom. The van der Waals surface area contributed by atoms with Gasteiger partial charge in [-0.3, -0.25) is 9.78 Å². The van der Waals surface area contributed by atoms with Gasteiger partial charge in [-0.2, -0.15) is 0 Å². The van der Waals surface area contributed by atoms with Crippen LogP contribution in [0, 0.1) is 22.8 Å². The van der Waals surface area contributed by atoms with Gasteiger partial charge in [0, 0.05) is 48.8 Å². The summed E-state index contributed by atoms with van der Waals surface area (Å²) >= 11 is 0. The van der Waals surface area contributed by atoms with Crippen LogP contribution in [0.25, 0.3) is 44.5 Å². The quantitative estimate of drug-likeness (QED) is 0.0808. The fourth-order valence-electron chi connectivity index (χ4n) is 6.06. The van der Waals surface area contributed by atoms with Crippen molar-refractivity contribution >= 4 is 27.7 Å². The maximum Gasteiger partial charge on any atom is 0.164 e. The van der Waals surface area contributed by atoms with Gasteiger partial charge in [0.25, 0.3) is 0 Å². The Bertz CT molecular complexity index is 1960. The molecule has 1 N–H and O–H groups in total. The second-order valence-corrected chi connectivity index (χ2v) is 15.5. The van der Waals surface area contributed by atoms with Crippen LogP contribution in [0.15, 0.2) is 77.4 Å². The molecule has 0 aliphatic carbocycles. The molecule has 0 spiro atoms. The first-order valence-electron chi connectivity index (χ1n) is 18.2. The standard InChI is InChI=1S/C29H28N3O.C15H28O2.Ir/c1-18(2)12-21-15-27(32-24-10-11-33-28(21)24)26-16-25(30-17-31-26)20-13-19-8-6-7-9-22(19)23(14-20)29(3,4)5;1-7-14(5,8-2)12(16)11-13(17)15(6,9-3)10-4;/h6-11,14-18H,12H2,1-5H3;11,16H,7-10H2,1-6H3;/q-1;;/b;12-11-;. The average molecular weight is 867 g/mol. The summed E-state index contributed by atoms with van der Waals surface area (Å²) in [6.07, 6.45) is 9.00. The van der Waals surface area contributed by atoms with Crippen LogP contribution in [-0.4, -0.2) is 25.8 Å². The molecule has 5 aromatic rings. The number of pyridine rings is 1. The Labute approximate surface area is 319 Å². The Morgan fingerprint density at radius 1 is 0.863 bits per heavy atom. The monoisotopic (exact) mass is 867 g/mol. The number of nitrogens with zero attached hydrogens (tertiary/aromatic N) is 3. The summed E-state index contributed by atoms with van der Waals surface area (Å²) in [6, 6.07) is 20.2. The molecule has 0 aliphatic rings. The Morgan fingerprint density at radius 3 is 2.10 bits per heavy atom. The number of ketones is 1. The van der Waals surface area contributed by atoms with Gasteiger partial charge in [0.05, 0.1) is 17.7 Å². The number of aliphatic hydroxyl groups excluding tert-OH is 1. The zero-order valence-corrected chi connectivity index (χ0v) is 34.8. The summed E-state index contributed by atoms with van der Waals surface area (Å²) < 4.78 is 5.72. The van der Waals surface area contributed by atoms with E-state index in [0.29, 0.717) is 5.92 Å². The number of carbonyl (C=O) groups is 1. The van der Waals surface area contributed by atoms with Crippen molar-refractivity contribution in [3.63, 3.8) is 0 Å². The molecule has 3 heterocycles. The van der Waals surface area contributed by atoms with Crippen molar-refractivity contribution in [3.8, 4) is 22.6 Å². The number of aliphatic hydroxyl groups is 1. The summed E-state index contributed by atoms with van der Waals surface area (Å²) in [5.41, 5.74) is 6.99. The van der Waals surface area contributed by atoms with Crippen molar-refractivity contribution in [2.24, 2.45) is 16.7 Å². The van der Waals surface area contributed by atoms with Crippen LogP contribution in [0.4, 0.5) is 0 Å². The molecule has 0 aliphatic heterocycles. The van der Waals surface area contributed by atoms with E-state index in [9.17, 15) is 9.90 Å². The minimum Gasteiger partial charge on any atom is -0.512 e. The maximum atomic E-state index is 12.2. The van der Waals surface area contributed by atoms with Crippen molar-refractivity contribution in [3.05, 3.63) is 90.1 Å². The van der Waals surface area contributed by atoms with Crippen LogP contribution in [0.2, 0.25) is 0 Å². The van der Waals surface area contributed by atoms with Crippen molar-refractivity contribution in [1.29, 1.82) is 0 Å². The van der Waals surface area contributed by atoms with Crippen molar-refractivity contribution in [2.75, 3.05) is 0 Å². The van der Waals surface area contributed by atoms with Gasteiger partial charge in [-0.1, -0.05) is 105 Å². The van der Waals surface area contributed by atoms with Gasteiger partial charge in [-0.15, -0.1) is 29.1 Å². The maximum absolute atomic E-state index is 12.2. The van der Waals surface area contributed by atoms with E-state index in [0.717, 1.165) is 76.8 Å². The molecule has 5 rings (SSSR count). The Balaban J connectivity index is 0.000000335. The van der Waals surface area contributed by atoms with Crippen LogP contribution >= 0.6 is 0 Å². The van der Waals surface area contributed by atoms with Crippen LogP contribution in [0.3, 0.4) is 0 Å². The van der Waals surface area contributed by atoms with E-state index in [2.05, 4.69) is 87.1 Å². The third kappa shape index (κ3) is 9.61. The van der Waals surface area contributed by atoms with E-state index in [-0.39, 0.29) is 47.9 Å². The van der Waals surface area contributed by atoms with Gasteiger partial charge >= 0.3 is 0 Å². The molecule has 7 heteroatoms. The predicted octanol–water partition coefficient (Wildman–Crippen LogP) is 12.0. The number of fused-ring (bicyclic) bond motifs is 2. The number of hydrogen-bond acceptors (Lipinski definition) is 6. The topological polar surface area (TPSA) is 89.1 Å². The number of carbonyl (C=O) groups excluding carboxylic acids is 1. The number of hydrogen-bond donors (Lipinski definition) is 1. The zero-order chi connectivity index (χ0) is 36.9.